The molecule has 5 nitrogen and oxygen atoms in total. The summed E-state index contributed by atoms with van der Waals surface area (Å²) in [4.78, 5) is 28.5. The van der Waals surface area contributed by atoms with Gasteiger partial charge in [-0.25, -0.2) is 0 Å². The molecule has 0 saturated carbocycles. The molecular weight excluding hydrogens is 292 g/mol. The summed E-state index contributed by atoms with van der Waals surface area (Å²) in [6, 6.07) is 16.2. The molecule has 0 aliphatic carbocycles. The quantitative estimate of drug-likeness (QED) is 0.506. The number of ketones is 1. The molecule has 23 heavy (non-hydrogen) atoms. The fraction of sp³-hybridized carbons (Fsp3) is 0.167. The maximum absolute atomic E-state index is 12.0. The van der Waals surface area contributed by atoms with Crippen molar-refractivity contribution in [3.63, 3.8) is 0 Å². The van der Waals surface area contributed by atoms with Gasteiger partial charge in [0.15, 0.2) is 5.78 Å². The molecule has 1 atom stereocenters. The Bertz CT molecular complexity index is 711. The zero-order valence-electron chi connectivity index (χ0n) is 13.0. The number of rotatable bonds is 6. The number of hydrogen-bond acceptors (Lipinski definition) is 4. The predicted octanol–water partition coefficient (Wildman–Crippen LogP) is 3.27. The van der Waals surface area contributed by atoms with E-state index in [0.29, 0.717) is 11.3 Å². The summed E-state index contributed by atoms with van der Waals surface area (Å²) in [5.74, 6) is -0.395. The van der Waals surface area contributed by atoms with E-state index in [1.807, 2.05) is 30.3 Å². The number of carbonyl (C=O) groups is 2. The number of nitrogens with zero attached hydrogens (tertiary/aromatic N) is 1. The molecule has 1 amide bonds. The number of carbonyl (C=O) groups excluding carboxylic acids is 2. The van der Waals surface area contributed by atoms with Crippen LogP contribution in [0.4, 0.5) is 5.69 Å². The molecule has 0 aromatic heterocycles. The standard InChI is InChI=1S/C18H18N2O3/c1-13(21)16-9-6-10-17(11-16)20-18(22)14(2)23-19-12-15-7-4-3-5-8-15/h3-12,14H,1-2H3,(H,20,22)/b19-12+. The molecule has 0 fully saturated rings. The van der Waals surface area contributed by atoms with Crippen molar-refractivity contribution < 1.29 is 14.4 Å². The first-order valence-corrected chi connectivity index (χ1v) is 7.22. The monoisotopic (exact) mass is 310 g/mol. The zero-order valence-corrected chi connectivity index (χ0v) is 13.0. The van der Waals surface area contributed by atoms with E-state index in [-0.39, 0.29) is 11.7 Å². The number of nitrogens with one attached hydrogen (secondary N) is 1. The van der Waals surface area contributed by atoms with Crippen LogP contribution in [0.15, 0.2) is 59.8 Å². The summed E-state index contributed by atoms with van der Waals surface area (Å²) in [7, 11) is 0. The normalized spacial score (nSPS) is 11.9. The Hall–Kier alpha value is -2.95. The Balaban J connectivity index is 1.91. The Morgan fingerprint density at radius 2 is 1.87 bits per heavy atom. The van der Waals surface area contributed by atoms with E-state index < -0.39 is 6.10 Å². The van der Waals surface area contributed by atoms with Gasteiger partial charge in [-0.15, -0.1) is 0 Å². The molecule has 1 unspecified atom stereocenters. The second-order valence-electron chi connectivity index (χ2n) is 5.02. The molecule has 0 aliphatic rings. The Kier molecular flexibility index (Phi) is 5.63. The van der Waals surface area contributed by atoms with Gasteiger partial charge in [0, 0.05) is 11.3 Å². The minimum absolute atomic E-state index is 0.0575. The highest BCUT2D eigenvalue weighted by Crippen LogP contribution is 2.12. The minimum atomic E-state index is -0.754. The lowest BCUT2D eigenvalue weighted by atomic mass is 10.1. The highest BCUT2D eigenvalue weighted by Gasteiger charge is 2.14. The van der Waals surface area contributed by atoms with Crippen LogP contribution in [-0.4, -0.2) is 24.0 Å². The molecule has 0 aliphatic heterocycles. The van der Waals surface area contributed by atoms with Crippen molar-refractivity contribution in [2.45, 2.75) is 20.0 Å². The highest BCUT2D eigenvalue weighted by atomic mass is 16.6. The Morgan fingerprint density at radius 1 is 1.13 bits per heavy atom. The molecule has 0 radical (unpaired) electrons. The van der Waals surface area contributed by atoms with Crippen LogP contribution in [0.3, 0.4) is 0 Å². The van der Waals surface area contributed by atoms with Crippen molar-refractivity contribution in [2.75, 3.05) is 5.32 Å². The van der Waals surface area contributed by atoms with Crippen molar-refractivity contribution in [3.8, 4) is 0 Å². The molecule has 0 heterocycles. The third kappa shape index (κ3) is 5.07. The van der Waals surface area contributed by atoms with Crippen molar-refractivity contribution in [3.05, 3.63) is 65.7 Å². The number of amides is 1. The van der Waals surface area contributed by atoms with Gasteiger partial charge in [0.25, 0.3) is 5.91 Å². The molecule has 118 valence electrons. The zero-order chi connectivity index (χ0) is 16.7. The smallest absolute Gasteiger partial charge is 0.267 e. The summed E-state index contributed by atoms with van der Waals surface area (Å²) in [5.41, 5.74) is 1.97. The lowest BCUT2D eigenvalue weighted by Crippen LogP contribution is -2.26. The second kappa shape index (κ2) is 7.89. The van der Waals surface area contributed by atoms with Gasteiger partial charge in [-0.2, -0.15) is 0 Å². The molecule has 1 N–H and O–H groups in total. The molecule has 0 saturated heterocycles. The average molecular weight is 310 g/mol. The Labute approximate surface area is 135 Å². The second-order valence-corrected chi connectivity index (χ2v) is 5.02. The lowest BCUT2D eigenvalue weighted by molar-refractivity contribution is -0.126. The van der Waals surface area contributed by atoms with E-state index in [1.165, 1.54) is 6.92 Å². The van der Waals surface area contributed by atoms with E-state index in [2.05, 4.69) is 10.5 Å². The van der Waals surface area contributed by atoms with Crippen LogP contribution in [0.5, 0.6) is 0 Å². The summed E-state index contributed by atoms with van der Waals surface area (Å²) < 4.78 is 0. The Morgan fingerprint density at radius 3 is 2.57 bits per heavy atom. The van der Waals surface area contributed by atoms with Crippen molar-refractivity contribution in [1.82, 2.24) is 0 Å². The highest BCUT2D eigenvalue weighted by molar-refractivity contribution is 5.98. The minimum Gasteiger partial charge on any atom is -0.383 e. The molecule has 0 bridgehead atoms. The van der Waals surface area contributed by atoms with Gasteiger partial charge in [-0.05, 0) is 31.5 Å². The van der Waals surface area contributed by atoms with Gasteiger partial charge in [-0.1, -0.05) is 47.6 Å². The number of anilines is 1. The van der Waals surface area contributed by atoms with Gasteiger partial charge >= 0.3 is 0 Å². The first kappa shape index (κ1) is 16.4. The molecule has 5 heteroatoms. The number of hydrogen-bond donors (Lipinski definition) is 1. The van der Waals surface area contributed by atoms with Crippen molar-refractivity contribution in [1.29, 1.82) is 0 Å². The molecule has 2 rings (SSSR count). The summed E-state index contributed by atoms with van der Waals surface area (Å²) in [6.45, 7) is 3.08. The van der Waals surface area contributed by atoms with Gasteiger partial charge in [0.05, 0.1) is 6.21 Å². The molecule has 2 aromatic carbocycles. The fourth-order valence-electron chi connectivity index (χ4n) is 1.83. The third-order valence-corrected chi connectivity index (χ3v) is 3.13. The largest absolute Gasteiger partial charge is 0.383 e. The van der Waals surface area contributed by atoms with E-state index >= 15 is 0 Å². The fourth-order valence-corrected chi connectivity index (χ4v) is 1.83. The van der Waals surface area contributed by atoms with E-state index in [0.717, 1.165) is 5.56 Å². The average Bonchev–Trinajstić information content (AvgIpc) is 2.56. The van der Waals surface area contributed by atoms with Crippen LogP contribution in [0.2, 0.25) is 0 Å². The van der Waals surface area contributed by atoms with E-state index in [1.54, 1.807) is 37.4 Å². The summed E-state index contributed by atoms with van der Waals surface area (Å²) in [5, 5.41) is 6.51. The van der Waals surface area contributed by atoms with Crippen LogP contribution in [0.1, 0.15) is 29.8 Å². The van der Waals surface area contributed by atoms with Crippen LogP contribution in [-0.2, 0) is 9.63 Å². The third-order valence-electron chi connectivity index (χ3n) is 3.13. The molecular formula is C18H18N2O3. The van der Waals surface area contributed by atoms with Crippen molar-refractivity contribution >= 4 is 23.6 Å². The number of benzene rings is 2. The number of oxime groups is 1. The first-order chi connectivity index (χ1) is 11.1. The lowest BCUT2D eigenvalue weighted by Gasteiger charge is -2.11. The van der Waals surface area contributed by atoms with Crippen LogP contribution >= 0.6 is 0 Å². The van der Waals surface area contributed by atoms with Crippen LogP contribution in [0, 0.1) is 0 Å². The maximum atomic E-state index is 12.0. The van der Waals surface area contributed by atoms with Gasteiger partial charge < -0.3 is 10.2 Å². The van der Waals surface area contributed by atoms with Crippen LogP contribution in [0.25, 0.3) is 0 Å². The maximum Gasteiger partial charge on any atom is 0.267 e. The van der Waals surface area contributed by atoms with Crippen LogP contribution < -0.4 is 5.32 Å². The first-order valence-electron chi connectivity index (χ1n) is 7.22. The summed E-state index contributed by atoms with van der Waals surface area (Å²) in [6.07, 6.45) is 0.788. The van der Waals surface area contributed by atoms with Gasteiger partial charge in [0.1, 0.15) is 0 Å². The van der Waals surface area contributed by atoms with E-state index in [9.17, 15) is 9.59 Å². The summed E-state index contributed by atoms with van der Waals surface area (Å²) >= 11 is 0. The van der Waals surface area contributed by atoms with Crippen molar-refractivity contribution in [2.24, 2.45) is 5.16 Å². The van der Waals surface area contributed by atoms with Gasteiger partial charge in [-0.3, -0.25) is 9.59 Å². The van der Waals surface area contributed by atoms with E-state index in [4.69, 9.17) is 4.84 Å². The van der Waals surface area contributed by atoms with Gasteiger partial charge in [0.2, 0.25) is 6.10 Å². The topological polar surface area (TPSA) is 67.8 Å². The molecule has 2 aromatic rings. The number of Topliss-reactive ketones (excluding diaryl/α,β-unsaturated/α-hetero) is 1. The molecule has 0 spiro atoms. The predicted molar refractivity (Wildman–Crippen MR) is 89.7 cm³/mol. The SMILES string of the molecule is CC(=O)c1cccc(NC(=O)C(C)O/N=C/c2ccccc2)c1.